The van der Waals surface area contributed by atoms with E-state index in [1.165, 1.54) is 0 Å². The Morgan fingerprint density at radius 2 is 1.83 bits per heavy atom. The maximum absolute atomic E-state index is 14.1. The topological polar surface area (TPSA) is 107 Å². The number of fused-ring (bicyclic) bond motifs is 4. The second-order valence-electron chi connectivity index (χ2n) is 13.1. The van der Waals surface area contributed by atoms with Gasteiger partial charge in [-0.1, -0.05) is 26.5 Å². The van der Waals surface area contributed by atoms with Gasteiger partial charge >= 0.3 is 11.9 Å². The van der Waals surface area contributed by atoms with Gasteiger partial charge in [-0.15, -0.1) is 0 Å². The van der Waals surface area contributed by atoms with Crippen molar-refractivity contribution in [1.29, 1.82) is 0 Å². The van der Waals surface area contributed by atoms with Crippen molar-refractivity contribution in [1.82, 2.24) is 0 Å². The molecule has 0 radical (unpaired) electrons. The Bertz CT molecular complexity index is 1170. The minimum absolute atomic E-state index is 0.0426. The van der Waals surface area contributed by atoms with Gasteiger partial charge in [0.15, 0.2) is 5.78 Å². The Labute approximate surface area is 210 Å². The van der Waals surface area contributed by atoms with Crippen molar-refractivity contribution in [2.45, 2.75) is 71.2 Å². The third-order valence-electron chi connectivity index (χ3n) is 12.1. The van der Waals surface area contributed by atoms with Gasteiger partial charge in [0.05, 0.1) is 16.9 Å². The third-order valence-corrected chi connectivity index (χ3v) is 12.1. The van der Waals surface area contributed by atoms with E-state index in [2.05, 4.69) is 13.5 Å². The molecule has 36 heavy (non-hydrogen) atoms. The first-order valence-electron chi connectivity index (χ1n) is 13.5. The smallest absolute Gasteiger partial charge is 0.334 e. The normalized spacial score (nSPS) is 56.7. The lowest BCUT2D eigenvalue weighted by Crippen LogP contribution is -2.59. The lowest BCUT2D eigenvalue weighted by molar-refractivity contribution is -0.168. The number of aliphatic hydroxyl groups is 1. The first-order chi connectivity index (χ1) is 17.0. The molecule has 2 aliphatic heterocycles. The first kappa shape index (κ1) is 22.9. The Hall–Kier alpha value is -2.28. The molecule has 0 unspecified atom stereocenters. The minimum Gasteiger partial charge on any atom is -0.461 e. The number of esters is 2. The standard InChI is InChI=1S/C29H34O7/c1-12-9-18-22(24(32)27(4)17(12)5-6-19(27)30)29(26(34)35-18)11-15-10-20(31)28(29)8-7-16-13(2)25(33)36-23(16)14(3)21(15)28/h5-6,12,14-18,21-24,32H,2,7-11H2,1,3-4H3/t12-,14+,15+,16-,17+,18-,21-,22-,23-,24+,27+,28-,29-/m1/s1. The average Bonchev–Trinajstić information content (AvgIpc) is 3.50. The number of carbonyl (C=O) groups is 4. The van der Waals surface area contributed by atoms with E-state index in [0.29, 0.717) is 37.7 Å². The van der Waals surface area contributed by atoms with Crippen LogP contribution >= 0.6 is 0 Å². The molecule has 1 N–H and O–H groups in total. The maximum atomic E-state index is 14.1. The number of rotatable bonds is 0. The van der Waals surface area contributed by atoms with Crippen LogP contribution in [0.1, 0.15) is 52.9 Å². The van der Waals surface area contributed by atoms with Crippen LogP contribution in [0.5, 0.6) is 0 Å². The van der Waals surface area contributed by atoms with Crippen molar-refractivity contribution < 1.29 is 33.8 Å². The molecule has 1 spiro atoms. The summed E-state index contributed by atoms with van der Waals surface area (Å²) in [5.41, 5.74) is -2.75. The van der Waals surface area contributed by atoms with Crippen LogP contribution < -0.4 is 0 Å². The summed E-state index contributed by atoms with van der Waals surface area (Å²) < 4.78 is 11.9. The second kappa shape index (κ2) is 6.77. The van der Waals surface area contributed by atoms with Gasteiger partial charge in [0, 0.05) is 29.2 Å². The molecule has 13 atom stereocenters. The quantitative estimate of drug-likeness (QED) is 0.408. The van der Waals surface area contributed by atoms with Crippen molar-refractivity contribution in [3.8, 4) is 0 Å². The Balaban J connectivity index is 1.40. The van der Waals surface area contributed by atoms with E-state index in [-0.39, 0.29) is 65.1 Å². The van der Waals surface area contributed by atoms with Gasteiger partial charge < -0.3 is 14.6 Å². The average molecular weight is 495 g/mol. The minimum atomic E-state index is -1.17. The summed E-state index contributed by atoms with van der Waals surface area (Å²) in [6, 6.07) is 0. The molecule has 6 fully saturated rings. The SMILES string of the molecule is C=C1C(=O)O[C@@H]2[C@@H](C)[C@@H]3[C@H]4CC(=O)[C@@]3(CC[C@H]12)[C@@]1(C4)C(=O)O[C@@H]2C[C@@H](C)[C@@H]3C=CC(=O)[C@@]3(C)[C@@H](O)[C@@H]21. The van der Waals surface area contributed by atoms with Crippen molar-refractivity contribution in [3.63, 3.8) is 0 Å². The fourth-order valence-electron chi connectivity index (χ4n) is 10.8. The Morgan fingerprint density at radius 1 is 1.08 bits per heavy atom. The number of hydrogen-bond acceptors (Lipinski definition) is 7. The summed E-state index contributed by atoms with van der Waals surface area (Å²) in [6.45, 7) is 9.92. The van der Waals surface area contributed by atoms with Crippen molar-refractivity contribution in [3.05, 3.63) is 24.3 Å². The van der Waals surface area contributed by atoms with E-state index in [1.54, 1.807) is 6.08 Å². The monoisotopic (exact) mass is 494 g/mol. The molecule has 0 aromatic carbocycles. The molecule has 2 bridgehead atoms. The number of hydrogen-bond donors (Lipinski definition) is 1. The predicted molar refractivity (Wildman–Crippen MR) is 126 cm³/mol. The number of ether oxygens (including phenoxy) is 2. The highest BCUT2D eigenvalue weighted by atomic mass is 16.6. The van der Waals surface area contributed by atoms with Crippen molar-refractivity contribution in [2.75, 3.05) is 0 Å². The number of carbonyl (C=O) groups excluding carboxylic acids is 4. The molecule has 7 heteroatoms. The molecule has 7 rings (SSSR count). The maximum Gasteiger partial charge on any atom is 0.334 e. The van der Waals surface area contributed by atoms with Crippen LogP contribution in [0.4, 0.5) is 0 Å². The number of allylic oxidation sites excluding steroid dienone is 2. The summed E-state index contributed by atoms with van der Waals surface area (Å²) in [6.07, 6.45) is 3.93. The third kappa shape index (κ3) is 2.20. The summed E-state index contributed by atoms with van der Waals surface area (Å²) in [5, 5.41) is 12.1. The molecule has 7 aliphatic rings. The molecule has 0 amide bonds. The van der Waals surface area contributed by atoms with Crippen LogP contribution in [0.3, 0.4) is 0 Å². The molecule has 0 aromatic heterocycles. The predicted octanol–water partition coefficient (Wildman–Crippen LogP) is 2.80. The van der Waals surface area contributed by atoms with Crippen LogP contribution in [0.2, 0.25) is 0 Å². The van der Waals surface area contributed by atoms with E-state index in [4.69, 9.17) is 9.47 Å². The lowest BCUT2D eigenvalue weighted by Gasteiger charge is -2.49. The van der Waals surface area contributed by atoms with Crippen LogP contribution in [-0.2, 0) is 28.7 Å². The highest BCUT2D eigenvalue weighted by Crippen LogP contribution is 2.77. The Kier molecular flexibility index (Phi) is 4.30. The van der Waals surface area contributed by atoms with E-state index in [9.17, 15) is 24.3 Å². The van der Waals surface area contributed by atoms with Crippen molar-refractivity contribution >= 4 is 23.5 Å². The van der Waals surface area contributed by atoms with E-state index < -0.39 is 34.4 Å². The molecule has 2 saturated heterocycles. The lowest BCUT2D eigenvalue weighted by atomic mass is 9.50. The molecule has 0 aromatic rings. The van der Waals surface area contributed by atoms with Gasteiger partial charge in [0.2, 0.25) is 0 Å². The number of Topliss-reactive ketones (excluding diaryl/α,β-unsaturated/α-hetero) is 1. The van der Waals surface area contributed by atoms with Gasteiger partial charge in [-0.2, -0.15) is 0 Å². The molecule has 2 heterocycles. The van der Waals surface area contributed by atoms with Crippen molar-refractivity contribution in [2.24, 2.45) is 57.7 Å². The van der Waals surface area contributed by atoms with Crippen LogP contribution in [0.25, 0.3) is 0 Å². The van der Waals surface area contributed by atoms with Gasteiger partial charge in [-0.3, -0.25) is 14.4 Å². The van der Waals surface area contributed by atoms with Gasteiger partial charge in [0.1, 0.15) is 18.0 Å². The van der Waals surface area contributed by atoms with Crippen LogP contribution in [0.15, 0.2) is 24.3 Å². The zero-order valence-corrected chi connectivity index (χ0v) is 21.1. The summed E-state index contributed by atoms with van der Waals surface area (Å²) in [5.74, 6) is -1.97. The van der Waals surface area contributed by atoms with E-state index >= 15 is 0 Å². The molecule has 5 aliphatic carbocycles. The van der Waals surface area contributed by atoms with Crippen LogP contribution in [0, 0.1) is 57.7 Å². The van der Waals surface area contributed by atoms with Gasteiger partial charge in [-0.05, 0) is 68.3 Å². The molecule has 4 saturated carbocycles. The largest absolute Gasteiger partial charge is 0.461 e. The van der Waals surface area contributed by atoms with E-state index in [0.717, 1.165) is 0 Å². The second-order valence-corrected chi connectivity index (χ2v) is 13.1. The van der Waals surface area contributed by atoms with E-state index in [1.807, 2.05) is 19.9 Å². The zero-order chi connectivity index (χ0) is 25.5. The Morgan fingerprint density at radius 3 is 2.58 bits per heavy atom. The molecular weight excluding hydrogens is 460 g/mol. The van der Waals surface area contributed by atoms with Gasteiger partial charge in [-0.25, -0.2) is 4.79 Å². The molecule has 7 nitrogen and oxygen atoms in total. The fraction of sp³-hybridized carbons (Fsp3) is 0.724. The fourth-order valence-corrected chi connectivity index (χ4v) is 10.8. The summed E-state index contributed by atoms with van der Waals surface area (Å²) in [4.78, 5) is 53.8. The summed E-state index contributed by atoms with van der Waals surface area (Å²) >= 11 is 0. The number of ketones is 2. The zero-order valence-electron chi connectivity index (χ0n) is 21.1. The first-order valence-corrected chi connectivity index (χ1v) is 13.5. The van der Waals surface area contributed by atoms with Crippen LogP contribution in [-0.4, -0.2) is 46.9 Å². The van der Waals surface area contributed by atoms with Gasteiger partial charge in [0.25, 0.3) is 0 Å². The highest BCUT2D eigenvalue weighted by Gasteiger charge is 2.83. The molecular formula is C29H34O7. The number of aliphatic hydroxyl groups excluding tert-OH is 1. The molecule has 192 valence electrons. The highest BCUT2D eigenvalue weighted by molar-refractivity contribution is 6.00. The summed E-state index contributed by atoms with van der Waals surface area (Å²) in [7, 11) is 0.